The number of ether oxygens (including phenoxy) is 3. The predicted molar refractivity (Wildman–Crippen MR) is 69.9 cm³/mol. The highest BCUT2D eigenvalue weighted by Crippen LogP contribution is 2.31. The lowest BCUT2D eigenvalue weighted by Gasteiger charge is -2.23. The lowest BCUT2D eigenvalue weighted by molar-refractivity contribution is 0.0492. The van der Waals surface area contributed by atoms with Crippen molar-refractivity contribution in [2.24, 2.45) is 11.7 Å². The fourth-order valence-corrected chi connectivity index (χ4v) is 2.16. The quantitative estimate of drug-likeness (QED) is 0.869. The monoisotopic (exact) mass is 251 g/mol. The Kier molecular flexibility index (Phi) is 4.84. The summed E-state index contributed by atoms with van der Waals surface area (Å²) in [6, 6.07) is 5.81. The zero-order valence-corrected chi connectivity index (χ0v) is 10.9. The zero-order valence-electron chi connectivity index (χ0n) is 10.9. The Hall–Kier alpha value is -1.26. The Morgan fingerprint density at radius 1 is 1.33 bits per heavy atom. The summed E-state index contributed by atoms with van der Waals surface area (Å²) in [7, 11) is 1.65. The molecule has 0 radical (unpaired) electrons. The lowest BCUT2D eigenvalue weighted by atomic mass is 10.0. The second-order valence-electron chi connectivity index (χ2n) is 4.52. The van der Waals surface area contributed by atoms with Gasteiger partial charge >= 0.3 is 0 Å². The van der Waals surface area contributed by atoms with Gasteiger partial charge in [0.25, 0.3) is 0 Å². The molecule has 100 valence electrons. The molecule has 1 fully saturated rings. The highest BCUT2D eigenvalue weighted by molar-refractivity contribution is 5.46. The number of benzene rings is 1. The Morgan fingerprint density at radius 2 is 2.11 bits per heavy atom. The van der Waals surface area contributed by atoms with Crippen molar-refractivity contribution in [2.75, 3.05) is 26.9 Å². The van der Waals surface area contributed by atoms with Crippen LogP contribution in [0, 0.1) is 5.92 Å². The molecule has 4 nitrogen and oxygen atoms in total. The van der Waals surface area contributed by atoms with Crippen molar-refractivity contribution in [3.05, 3.63) is 23.8 Å². The molecule has 1 heterocycles. The molecule has 0 aromatic heterocycles. The van der Waals surface area contributed by atoms with Crippen molar-refractivity contribution in [1.82, 2.24) is 0 Å². The second-order valence-corrected chi connectivity index (χ2v) is 4.52. The molecule has 1 aliphatic rings. The predicted octanol–water partition coefficient (Wildman–Crippen LogP) is 1.96. The van der Waals surface area contributed by atoms with E-state index in [-0.39, 0.29) is 0 Å². The second kappa shape index (κ2) is 6.61. The summed E-state index contributed by atoms with van der Waals surface area (Å²) in [4.78, 5) is 0. The van der Waals surface area contributed by atoms with E-state index < -0.39 is 0 Å². The summed E-state index contributed by atoms with van der Waals surface area (Å²) in [5.74, 6) is 2.10. The molecular formula is C14H21NO3. The molecule has 0 spiro atoms. The van der Waals surface area contributed by atoms with Crippen LogP contribution in [0.15, 0.2) is 18.2 Å². The van der Waals surface area contributed by atoms with Crippen LogP contribution in [0.4, 0.5) is 0 Å². The summed E-state index contributed by atoms with van der Waals surface area (Å²) < 4.78 is 16.6. The first kappa shape index (κ1) is 13.2. The fraction of sp³-hybridized carbons (Fsp3) is 0.571. The van der Waals surface area contributed by atoms with Gasteiger partial charge in [-0.1, -0.05) is 12.1 Å². The molecule has 1 aromatic rings. The van der Waals surface area contributed by atoms with Gasteiger partial charge in [0.2, 0.25) is 0 Å². The zero-order chi connectivity index (χ0) is 12.8. The van der Waals surface area contributed by atoms with Gasteiger partial charge in [0.1, 0.15) is 0 Å². The van der Waals surface area contributed by atoms with Gasteiger partial charge in [-0.05, 0) is 24.8 Å². The number of nitrogens with two attached hydrogens (primary N) is 1. The van der Waals surface area contributed by atoms with Gasteiger partial charge in [0, 0.05) is 25.3 Å². The van der Waals surface area contributed by atoms with Crippen molar-refractivity contribution in [2.45, 2.75) is 19.4 Å². The minimum Gasteiger partial charge on any atom is -0.493 e. The Bertz CT molecular complexity index is 353. The number of hydrogen-bond donors (Lipinski definition) is 1. The van der Waals surface area contributed by atoms with Crippen molar-refractivity contribution < 1.29 is 14.2 Å². The third kappa shape index (κ3) is 3.15. The molecular weight excluding hydrogens is 230 g/mol. The number of para-hydroxylation sites is 1. The van der Waals surface area contributed by atoms with Crippen molar-refractivity contribution >= 4 is 0 Å². The van der Waals surface area contributed by atoms with Crippen molar-refractivity contribution in [1.29, 1.82) is 0 Å². The molecule has 0 amide bonds. The Balaban J connectivity index is 2.02. The van der Waals surface area contributed by atoms with E-state index in [1.807, 2.05) is 18.2 Å². The maximum Gasteiger partial charge on any atom is 0.165 e. The summed E-state index contributed by atoms with van der Waals surface area (Å²) in [5, 5.41) is 0. The van der Waals surface area contributed by atoms with Gasteiger partial charge in [0.15, 0.2) is 11.5 Å². The summed E-state index contributed by atoms with van der Waals surface area (Å²) in [6.07, 6.45) is 2.13. The molecule has 2 rings (SSSR count). The van der Waals surface area contributed by atoms with Gasteiger partial charge in [-0.15, -0.1) is 0 Å². The first-order valence-corrected chi connectivity index (χ1v) is 6.41. The van der Waals surface area contributed by atoms with E-state index in [9.17, 15) is 0 Å². The van der Waals surface area contributed by atoms with Gasteiger partial charge in [0.05, 0.1) is 13.7 Å². The Morgan fingerprint density at radius 3 is 2.78 bits per heavy atom. The molecule has 18 heavy (non-hydrogen) atoms. The highest BCUT2D eigenvalue weighted by Gasteiger charge is 2.16. The van der Waals surface area contributed by atoms with E-state index in [1.54, 1.807) is 7.11 Å². The summed E-state index contributed by atoms with van der Waals surface area (Å²) >= 11 is 0. The van der Waals surface area contributed by atoms with Gasteiger partial charge in [-0.25, -0.2) is 0 Å². The van der Waals surface area contributed by atoms with Gasteiger partial charge in [-0.3, -0.25) is 0 Å². The molecule has 0 aliphatic carbocycles. The molecule has 0 bridgehead atoms. The van der Waals surface area contributed by atoms with Crippen LogP contribution in [0.25, 0.3) is 0 Å². The van der Waals surface area contributed by atoms with Crippen molar-refractivity contribution in [3.63, 3.8) is 0 Å². The standard InChI is InChI=1S/C14H21NO3/c1-16-13-4-2-3-12(9-15)14(13)18-10-11-5-7-17-8-6-11/h2-4,11H,5-10,15H2,1H3. The maximum atomic E-state index is 5.93. The third-order valence-electron chi connectivity index (χ3n) is 3.30. The summed E-state index contributed by atoms with van der Waals surface area (Å²) in [6.45, 7) is 2.84. The number of hydrogen-bond acceptors (Lipinski definition) is 4. The third-order valence-corrected chi connectivity index (χ3v) is 3.30. The van der Waals surface area contributed by atoms with Crippen molar-refractivity contribution in [3.8, 4) is 11.5 Å². The molecule has 4 heteroatoms. The van der Waals surface area contributed by atoms with Crippen LogP contribution >= 0.6 is 0 Å². The lowest BCUT2D eigenvalue weighted by Crippen LogP contribution is -2.22. The van der Waals surface area contributed by atoms with Crippen LogP contribution < -0.4 is 15.2 Å². The van der Waals surface area contributed by atoms with E-state index in [1.165, 1.54) is 0 Å². The maximum absolute atomic E-state index is 5.93. The topological polar surface area (TPSA) is 53.7 Å². The largest absolute Gasteiger partial charge is 0.493 e. The van der Waals surface area contributed by atoms with Gasteiger partial charge in [-0.2, -0.15) is 0 Å². The van der Waals surface area contributed by atoms with E-state index >= 15 is 0 Å². The number of methoxy groups -OCH3 is 1. The van der Waals surface area contributed by atoms with Crippen LogP contribution in [0.3, 0.4) is 0 Å². The fourth-order valence-electron chi connectivity index (χ4n) is 2.16. The molecule has 0 unspecified atom stereocenters. The smallest absolute Gasteiger partial charge is 0.165 e. The summed E-state index contributed by atoms with van der Waals surface area (Å²) in [5.41, 5.74) is 6.71. The first-order chi connectivity index (χ1) is 8.85. The molecule has 2 N–H and O–H groups in total. The van der Waals surface area contributed by atoms with Crippen LogP contribution in [0.5, 0.6) is 11.5 Å². The number of rotatable bonds is 5. The van der Waals surface area contributed by atoms with Crippen LogP contribution in [0.2, 0.25) is 0 Å². The van der Waals surface area contributed by atoms with Crippen LogP contribution in [-0.4, -0.2) is 26.9 Å². The van der Waals surface area contributed by atoms with Gasteiger partial charge < -0.3 is 19.9 Å². The van der Waals surface area contributed by atoms with Crippen LogP contribution in [0.1, 0.15) is 18.4 Å². The molecule has 1 aliphatic heterocycles. The average molecular weight is 251 g/mol. The molecule has 1 saturated heterocycles. The SMILES string of the molecule is COc1cccc(CN)c1OCC1CCOCC1. The average Bonchev–Trinajstić information content (AvgIpc) is 2.45. The highest BCUT2D eigenvalue weighted by atomic mass is 16.5. The van der Waals surface area contributed by atoms with E-state index in [0.29, 0.717) is 19.1 Å². The minimum absolute atomic E-state index is 0.459. The Labute approximate surface area is 108 Å². The van der Waals surface area contributed by atoms with Crippen LogP contribution in [-0.2, 0) is 11.3 Å². The molecule has 0 atom stereocenters. The molecule has 1 aromatic carbocycles. The van der Waals surface area contributed by atoms with E-state index in [0.717, 1.165) is 43.1 Å². The van der Waals surface area contributed by atoms with E-state index in [2.05, 4.69) is 0 Å². The minimum atomic E-state index is 0.459. The molecule has 0 saturated carbocycles. The first-order valence-electron chi connectivity index (χ1n) is 6.41. The van der Waals surface area contributed by atoms with E-state index in [4.69, 9.17) is 19.9 Å². The normalized spacial score (nSPS) is 16.6.